The minimum absolute atomic E-state index is 0.0215. The summed E-state index contributed by atoms with van der Waals surface area (Å²) in [5, 5.41) is 0. The summed E-state index contributed by atoms with van der Waals surface area (Å²) in [6.45, 7) is 9.59. The second-order valence-corrected chi connectivity index (χ2v) is 9.06. The molecule has 0 unspecified atom stereocenters. The van der Waals surface area contributed by atoms with E-state index in [0.717, 1.165) is 11.1 Å². The Bertz CT molecular complexity index is 895. The van der Waals surface area contributed by atoms with Crippen LogP contribution in [0.1, 0.15) is 57.1 Å². The van der Waals surface area contributed by atoms with Gasteiger partial charge in [0.1, 0.15) is 18.0 Å². The highest BCUT2D eigenvalue weighted by molar-refractivity contribution is 5.83. The molecule has 0 N–H and O–H groups in total. The number of ether oxygens (including phenoxy) is 2. The average Bonchev–Trinajstić information content (AvgIpc) is 2.81. The van der Waals surface area contributed by atoms with Crippen molar-refractivity contribution in [3.8, 4) is 0 Å². The van der Waals surface area contributed by atoms with Crippen LogP contribution in [0.4, 0.5) is 4.79 Å². The number of Topliss-reactive ketones (excluding diaryl/α,β-unsaturated/α-hetero) is 1. The molecule has 0 fully saturated rings. The molecule has 2 aromatic rings. The number of hydrogen-bond donors (Lipinski definition) is 0. The molecular formula is C28H35NO5. The van der Waals surface area contributed by atoms with Crippen molar-refractivity contribution in [2.24, 2.45) is 0 Å². The van der Waals surface area contributed by atoms with Crippen molar-refractivity contribution in [2.45, 2.75) is 51.6 Å². The summed E-state index contributed by atoms with van der Waals surface area (Å²) in [5.41, 5.74) is 1.54. The van der Waals surface area contributed by atoms with Crippen LogP contribution in [0.5, 0.6) is 0 Å². The van der Waals surface area contributed by atoms with Crippen molar-refractivity contribution >= 4 is 17.8 Å². The maximum absolute atomic E-state index is 12.8. The van der Waals surface area contributed by atoms with Crippen LogP contribution in [0.25, 0.3) is 0 Å². The van der Waals surface area contributed by atoms with Gasteiger partial charge in [-0.05, 0) is 31.9 Å². The lowest BCUT2D eigenvalue weighted by molar-refractivity contribution is -0.155. The molecule has 182 valence electrons. The molecular weight excluding hydrogens is 430 g/mol. The fourth-order valence-electron chi connectivity index (χ4n) is 3.49. The zero-order valence-corrected chi connectivity index (χ0v) is 20.4. The smallest absolute Gasteiger partial charge is 0.410 e. The summed E-state index contributed by atoms with van der Waals surface area (Å²) in [6, 6.07) is 19.9. The molecule has 0 aromatic heterocycles. The highest BCUT2D eigenvalue weighted by Gasteiger charge is 2.24. The highest BCUT2D eigenvalue weighted by Crippen LogP contribution is 2.26. The second kappa shape index (κ2) is 13.3. The molecule has 6 nitrogen and oxygen atoms in total. The van der Waals surface area contributed by atoms with E-state index in [4.69, 9.17) is 9.47 Å². The Morgan fingerprint density at radius 3 is 1.97 bits per heavy atom. The summed E-state index contributed by atoms with van der Waals surface area (Å²) in [4.78, 5) is 38.8. The van der Waals surface area contributed by atoms with Crippen molar-refractivity contribution in [1.82, 2.24) is 4.90 Å². The normalized spacial score (nSPS) is 11.1. The van der Waals surface area contributed by atoms with E-state index in [1.807, 2.05) is 60.7 Å². The van der Waals surface area contributed by atoms with E-state index in [9.17, 15) is 14.4 Å². The van der Waals surface area contributed by atoms with Gasteiger partial charge < -0.3 is 14.4 Å². The van der Waals surface area contributed by atoms with E-state index < -0.39 is 17.7 Å². The molecule has 0 aliphatic carbocycles. The van der Waals surface area contributed by atoms with Crippen LogP contribution in [0, 0.1) is 0 Å². The lowest BCUT2D eigenvalue weighted by Gasteiger charge is -2.27. The molecule has 0 aliphatic rings. The summed E-state index contributed by atoms with van der Waals surface area (Å²) in [6.07, 6.45) is 1.23. The number of benzene rings is 2. The minimum atomic E-state index is -0.588. The van der Waals surface area contributed by atoms with Gasteiger partial charge in [0.25, 0.3) is 0 Å². The van der Waals surface area contributed by atoms with E-state index in [1.54, 1.807) is 25.7 Å². The van der Waals surface area contributed by atoms with Crippen molar-refractivity contribution in [3.63, 3.8) is 0 Å². The number of amides is 1. The van der Waals surface area contributed by atoms with Gasteiger partial charge in [-0.15, -0.1) is 0 Å². The van der Waals surface area contributed by atoms with Gasteiger partial charge in [-0.2, -0.15) is 0 Å². The van der Waals surface area contributed by atoms with Crippen molar-refractivity contribution < 1.29 is 23.9 Å². The molecule has 0 radical (unpaired) electrons. The van der Waals surface area contributed by atoms with Crippen molar-refractivity contribution in [1.29, 1.82) is 0 Å². The molecule has 1 amide bonds. The molecule has 0 spiro atoms. The van der Waals surface area contributed by atoms with Gasteiger partial charge in [-0.1, -0.05) is 73.3 Å². The highest BCUT2D eigenvalue weighted by atomic mass is 16.6. The third-order valence-corrected chi connectivity index (χ3v) is 5.08. The molecule has 2 rings (SSSR count). The summed E-state index contributed by atoms with van der Waals surface area (Å²) >= 11 is 0. The first-order valence-corrected chi connectivity index (χ1v) is 11.6. The van der Waals surface area contributed by atoms with E-state index in [1.165, 1.54) is 6.08 Å². The van der Waals surface area contributed by atoms with Gasteiger partial charge in [-0.3, -0.25) is 9.59 Å². The van der Waals surface area contributed by atoms with Gasteiger partial charge in [-0.25, -0.2) is 4.79 Å². The van der Waals surface area contributed by atoms with Gasteiger partial charge in [0, 0.05) is 31.8 Å². The quantitative estimate of drug-likeness (QED) is 0.305. The number of ketones is 1. The molecule has 0 atom stereocenters. The molecule has 0 heterocycles. The standard InChI is InChI=1S/C28H35NO5/c1-5-20-33-27(32)29(19-18-24(30)16-17-26(31)34-28(2,3)4)21-25(22-12-8-6-9-13-22)23-14-10-7-11-15-23/h5-15,25H,1,16-21H2,2-4H3. The Morgan fingerprint density at radius 1 is 0.912 bits per heavy atom. The maximum Gasteiger partial charge on any atom is 0.410 e. The third kappa shape index (κ3) is 9.61. The third-order valence-electron chi connectivity index (χ3n) is 5.08. The first kappa shape index (κ1) is 26.8. The second-order valence-electron chi connectivity index (χ2n) is 9.06. The number of rotatable bonds is 12. The van der Waals surface area contributed by atoms with Gasteiger partial charge in [0.15, 0.2) is 0 Å². The summed E-state index contributed by atoms with van der Waals surface area (Å²) in [7, 11) is 0. The first-order valence-electron chi connectivity index (χ1n) is 11.6. The topological polar surface area (TPSA) is 72.9 Å². The van der Waals surface area contributed by atoms with Crippen LogP contribution in [0.3, 0.4) is 0 Å². The maximum atomic E-state index is 12.8. The largest absolute Gasteiger partial charge is 0.460 e. The monoisotopic (exact) mass is 465 g/mol. The zero-order chi connectivity index (χ0) is 25.0. The Morgan fingerprint density at radius 2 is 1.47 bits per heavy atom. The zero-order valence-electron chi connectivity index (χ0n) is 20.4. The molecule has 0 saturated carbocycles. The van der Waals surface area contributed by atoms with E-state index >= 15 is 0 Å². The van der Waals surface area contributed by atoms with Crippen LogP contribution in [-0.4, -0.2) is 48.0 Å². The molecule has 0 saturated heterocycles. The SMILES string of the molecule is C=CCOC(=O)N(CCC(=O)CCC(=O)OC(C)(C)C)CC(c1ccccc1)c1ccccc1. The van der Waals surface area contributed by atoms with Crippen LogP contribution in [-0.2, 0) is 19.1 Å². The molecule has 6 heteroatoms. The lowest BCUT2D eigenvalue weighted by Crippen LogP contribution is -2.37. The van der Waals surface area contributed by atoms with Crippen LogP contribution in [0.2, 0.25) is 0 Å². The van der Waals surface area contributed by atoms with E-state index in [0.29, 0.717) is 6.54 Å². The number of esters is 1. The Kier molecular flexibility index (Phi) is 10.5. The van der Waals surface area contributed by atoms with Gasteiger partial charge >= 0.3 is 12.1 Å². The Balaban J connectivity index is 2.10. The predicted molar refractivity (Wildman–Crippen MR) is 133 cm³/mol. The van der Waals surface area contributed by atoms with Crippen molar-refractivity contribution in [3.05, 3.63) is 84.4 Å². The minimum Gasteiger partial charge on any atom is -0.460 e. The number of carbonyl (C=O) groups is 3. The average molecular weight is 466 g/mol. The van der Waals surface area contributed by atoms with Gasteiger partial charge in [0.05, 0.1) is 6.42 Å². The summed E-state index contributed by atoms with van der Waals surface area (Å²) < 4.78 is 10.6. The Labute approximate surface area is 202 Å². The molecule has 2 aromatic carbocycles. The van der Waals surface area contributed by atoms with Crippen LogP contribution >= 0.6 is 0 Å². The number of carbonyl (C=O) groups excluding carboxylic acids is 3. The fourth-order valence-corrected chi connectivity index (χ4v) is 3.49. The van der Waals surface area contributed by atoms with Gasteiger partial charge in [0.2, 0.25) is 0 Å². The molecule has 0 bridgehead atoms. The summed E-state index contributed by atoms with van der Waals surface area (Å²) in [5.74, 6) is -0.602. The first-order chi connectivity index (χ1) is 16.2. The predicted octanol–water partition coefficient (Wildman–Crippen LogP) is 5.52. The number of hydrogen-bond acceptors (Lipinski definition) is 5. The van der Waals surface area contributed by atoms with E-state index in [2.05, 4.69) is 6.58 Å². The number of nitrogens with zero attached hydrogens (tertiary/aromatic N) is 1. The van der Waals surface area contributed by atoms with Crippen LogP contribution in [0.15, 0.2) is 73.3 Å². The Hall–Kier alpha value is -3.41. The molecule has 34 heavy (non-hydrogen) atoms. The lowest BCUT2D eigenvalue weighted by atomic mass is 9.91. The van der Waals surface area contributed by atoms with Crippen molar-refractivity contribution in [2.75, 3.05) is 19.7 Å². The van der Waals surface area contributed by atoms with E-state index in [-0.39, 0.29) is 44.1 Å². The van der Waals surface area contributed by atoms with Crippen LogP contribution < -0.4 is 0 Å². The fraction of sp³-hybridized carbons (Fsp3) is 0.393. The molecule has 0 aliphatic heterocycles.